The van der Waals surface area contributed by atoms with Crippen molar-refractivity contribution >= 4 is 51.2 Å². The maximum Gasteiger partial charge on any atom is 0.354 e. The van der Waals surface area contributed by atoms with Crippen LogP contribution in [0.5, 0.6) is 5.75 Å². The lowest BCUT2D eigenvalue weighted by Gasteiger charge is -2.10. The Morgan fingerprint density at radius 2 is 2.17 bits per heavy atom. The van der Waals surface area contributed by atoms with E-state index < -0.39 is 5.97 Å². The first-order chi connectivity index (χ1) is 5.52. The summed E-state index contributed by atoms with van der Waals surface area (Å²) in [6.45, 7) is 0. The standard InChI is InChI=1S/C6H3I2NO3/c7-2-1-3(6(11)12)9-5(8)4(2)10/h1,10H,(H,11,12)/p-1. The summed E-state index contributed by atoms with van der Waals surface area (Å²) in [6.07, 6.45) is 0. The van der Waals surface area contributed by atoms with Gasteiger partial charge >= 0.3 is 5.97 Å². The first-order valence-corrected chi connectivity index (χ1v) is 4.94. The second kappa shape index (κ2) is 3.73. The highest BCUT2D eigenvalue weighted by Gasteiger charge is 2.07. The van der Waals surface area contributed by atoms with Gasteiger partial charge in [0.15, 0.2) is 0 Å². The molecule has 1 aromatic rings. The van der Waals surface area contributed by atoms with Crippen LogP contribution in [0, 0.1) is 7.27 Å². The van der Waals surface area contributed by atoms with E-state index in [9.17, 15) is 9.90 Å². The summed E-state index contributed by atoms with van der Waals surface area (Å²) < 4.78 is 0.571. The molecule has 0 unspecified atom stereocenters. The Balaban J connectivity index is 3.31. The molecule has 0 spiro atoms. The second-order valence-electron chi connectivity index (χ2n) is 1.91. The normalized spacial score (nSPS) is 9.83. The van der Waals surface area contributed by atoms with Crippen LogP contribution in [-0.4, -0.2) is 16.1 Å². The van der Waals surface area contributed by atoms with Crippen molar-refractivity contribution in [1.82, 2.24) is 4.98 Å². The zero-order chi connectivity index (χ0) is 9.30. The van der Waals surface area contributed by atoms with Crippen LogP contribution >= 0.6 is 45.2 Å². The molecule has 0 bridgehead atoms. The van der Waals surface area contributed by atoms with Crippen molar-refractivity contribution in [3.05, 3.63) is 19.0 Å². The van der Waals surface area contributed by atoms with Crippen LogP contribution in [0.2, 0.25) is 0 Å². The summed E-state index contributed by atoms with van der Waals surface area (Å²) in [5.41, 5.74) is -0.0941. The van der Waals surface area contributed by atoms with Crippen LogP contribution in [0.25, 0.3) is 0 Å². The van der Waals surface area contributed by atoms with E-state index in [1.807, 2.05) is 0 Å². The molecule has 64 valence electrons. The average Bonchev–Trinajstić information content (AvgIpc) is 1.99. The van der Waals surface area contributed by atoms with Gasteiger partial charge in [0, 0.05) is 3.57 Å². The van der Waals surface area contributed by atoms with Crippen molar-refractivity contribution < 1.29 is 15.0 Å². The number of hydrogen-bond acceptors (Lipinski definition) is 3. The molecule has 0 atom stereocenters. The zero-order valence-corrected chi connectivity index (χ0v) is 9.86. The lowest BCUT2D eigenvalue weighted by Crippen LogP contribution is -2.06. The van der Waals surface area contributed by atoms with Gasteiger partial charge in [-0.2, -0.15) is 0 Å². The number of aromatic nitrogens is 1. The van der Waals surface area contributed by atoms with Gasteiger partial charge in [-0.25, -0.2) is 9.78 Å². The number of aromatic carboxylic acids is 1. The predicted molar refractivity (Wildman–Crippen MR) is 56.1 cm³/mol. The quantitative estimate of drug-likeness (QED) is 0.576. The van der Waals surface area contributed by atoms with Gasteiger partial charge in [0.1, 0.15) is 5.69 Å². The number of carboxylic acids is 1. The zero-order valence-electron chi connectivity index (χ0n) is 5.54. The molecule has 1 N–H and O–H groups in total. The Kier molecular flexibility index (Phi) is 3.09. The second-order valence-corrected chi connectivity index (χ2v) is 4.10. The fraction of sp³-hybridized carbons (Fsp3) is 0. The third kappa shape index (κ3) is 1.97. The average molecular weight is 390 g/mol. The number of carbonyl (C=O) groups is 1. The van der Waals surface area contributed by atoms with Gasteiger partial charge in [-0.15, -0.1) is 0 Å². The number of rotatable bonds is 1. The molecule has 4 nitrogen and oxygen atoms in total. The van der Waals surface area contributed by atoms with E-state index in [-0.39, 0.29) is 15.1 Å². The Labute approximate surface area is 95.3 Å². The molecular formula is C6H2I2NO3-. The summed E-state index contributed by atoms with van der Waals surface area (Å²) in [5, 5.41) is 19.6. The van der Waals surface area contributed by atoms with Gasteiger partial charge in [0.25, 0.3) is 0 Å². The minimum atomic E-state index is -1.12. The molecule has 0 aliphatic carbocycles. The summed E-state index contributed by atoms with van der Waals surface area (Å²) in [4.78, 5) is 14.0. The molecule has 0 amide bonds. The van der Waals surface area contributed by atoms with Crippen LogP contribution < -0.4 is 5.11 Å². The lowest BCUT2D eigenvalue weighted by molar-refractivity contribution is -0.271. The molecule has 1 aromatic heterocycles. The lowest BCUT2D eigenvalue weighted by atomic mass is 10.3. The van der Waals surface area contributed by atoms with E-state index in [1.54, 1.807) is 45.2 Å². The van der Waals surface area contributed by atoms with Gasteiger partial charge in [-0.05, 0) is 51.2 Å². The number of halogens is 2. The minimum Gasteiger partial charge on any atom is -0.870 e. The third-order valence-electron chi connectivity index (χ3n) is 1.11. The fourth-order valence-corrected chi connectivity index (χ4v) is 2.20. The highest BCUT2D eigenvalue weighted by molar-refractivity contribution is 14.1. The van der Waals surface area contributed by atoms with Crippen molar-refractivity contribution in [2.24, 2.45) is 0 Å². The van der Waals surface area contributed by atoms with Crippen LogP contribution in [0.1, 0.15) is 10.5 Å². The molecule has 0 aliphatic heterocycles. The molecule has 1 heterocycles. The van der Waals surface area contributed by atoms with Crippen LogP contribution in [0.15, 0.2) is 6.07 Å². The van der Waals surface area contributed by atoms with Crippen molar-refractivity contribution in [2.45, 2.75) is 0 Å². The van der Waals surface area contributed by atoms with Gasteiger partial charge < -0.3 is 10.2 Å². The summed E-state index contributed by atoms with van der Waals surface area (Å²) >= 11 is 3.51. The smallest absolute Gasteiger partial charge is 0.354 e. The van der Waals surface area contributed by atoms with Gasteiger partial charge in [-0.1, -0.05) is 5.75 Å². The highest BCUT2D eigenvalue weighted by atomic mass is 127. The Bertz CT molecular complexity index is 317. The van der Waals surface area contributed by atoms with E-state index >= 15 is 0 Å². The Morgan fingerprint density at radius 3 is 2.58 bits per heavy atom. The van der Waals surface area contributed by atoms with E-state index in [4.69, 9.17) is 5.11 Å². The van der Waals surface area contributed by atoms with Crippen molar-refractivity contribution in [3.63, 3.8) is 0 Å². The van der Waals surface area contributed by atoms with Gasteiger partial charge in [0.05, 0.1) is 3.70 Å². The minimum absolute atomic E-state index is 0.0941. The van der Waals surface area contributed by atoms with Gasteiger partial charge in [-0.3, -0.25) is 0 Å². The maximum absolute atomic E-state index is 11.1. The van der Waals surface area contributed by atoms with E-state index in [0.717, 1.165) is 0 Å². The summed E-state index contributed by atoms with van der Waals surface area (Å²) in [7, 11) is 0. The Morgan fingerprint density at radius 1 is 1.58 bits per heavy atom. The van der Waals surface area contributed by atoms with Crippen LogP contribution in [0.4, 0.5) is 0 Å². The van der Waals surface area contributed by atoms with Crippen molar-refractivity contribution in [1.29, 1.82) is 0 Å². The highest BCUT2D eigenvalue weighted by Crippen LogP contribution is 2.21. The molecule has 12 heavy (non-hydrogen) atoms. The van der Waals surface area contributed by atoms with Crippen LogP contribution in [-0.2, 0) is 0 Å². The first-order valence-electron chi connectivity index (χ1n) is 2.78. The molecular weight excluding hydrogens is 388 g/mol. The van der Waals surface area contributed by atoms with Crippen molar-refractivity contribution in [2.75, 3.05) is 0 Å². The Hall–Kier alpha value is -0.120. The number of hydrogen-bond donors (Lipinski definition) is 1. The predicted octanol–water partition coefficient (Wildman–Crippen LogP) is 1.06. The molecule has 0 aromatic carbocycles. The van der Waals surface area contributed by atoms with E-state index in [2.05, 4.69) is 4.98 Å². The topological polar surface area (TPSA) is 73.2 Å². The van der Waals surface area contributed by atoms with E-state index in [1.165, 1.54) is 6.07 Å². The summed E-state index contributed by atoms with van der Waals surface area (Å²) in [5.74, 6) is -1.34. The molecule has 0 fully saturated rings. The molecule has 0 saturated heterocycles. The number of pyridine rings is 1. The largest absolute Gasteiger partial charge is 0.870 e. The molecule has 0 aliphatic rings. The molecule has 0 saturated carbocycles. The monoisotopic (exact) mass is 390 g/mol. The van der Waals surface area contributed by atoms with Crippen LogP contribution in [0.3, 0.4) is 0 Å². The summed E-state index contributed by atoms with van der Waals surface area (Å²) in [6, 6.07) is 1.26. The van der Waals surface area contributed by atoms with Crippen molar-refractivity contribution in [3.8, 4) is 5.75 Å². The molecule has 0 radical (unpaired) electrons. The first kappa shape index (κ1) is 9.96. The fourth-order valence-electron chi connectivity index (χ4n) is 0.582. The number of nitrogens with zero attached hydrogens (tertiary/aromatic N) is 1. The van der Waals surface area contributed by atoms with Gasteiger partial charge in [0.2, 0.25) is 0 Å². The number of carboxylic acid groups (broad SMARTS) is 1. The maximum atomic E-state index is 11.1. The SMILES string of the molecule is O=C(O)c1cc(I)c([O-])c(I)n1. The third-order valence-corrected chi connectivity index (χ3v) is 2.64. The van der Waals surface area contributed by atoms with E-state index in [0.29, 0.717) is 3.57 Å². The molecule has 1 rings (SSSR count). The molecule has 6 heteroatoms.